The lowest BCUT2D eigenvalue weighted by molar-refractivity contribution is 0.0963. The van der Waals surface area contributed by atoms with Crippen molar-refractivity contribution in [3.63, 3.8) is 0 Å². The van der Waals surface area contributed by atoms with Gasteiger partial charge in [-0.3, -0.25) is 9.79 Å². The SMILES string of the molecule is CCCCN(C)C(=NCCc1cccc(C(=O)NC)c1)NCC. The second-order valence-corrected chi connectivity index (χ2v) is 5.54. The molecule has 0 spiro atoms. The maximum absolute atomic E-state index is 11.7. The predicted octanol–water partition coefficient (Wildman–Crippen LogP) is 2.29. The Bertz CT molecular complexity index is 513. The van der Waals surface area contributed by atoms with E-state index in [2.05, 4.69) is 41.4 Å². The Morgan fingerprint density at radius 2 is 2.09 bits per heavy atom. The summed E-state index contributed by atoms with van der Waals surface area (Å²) in [5.41, 5.74) is 1.82. The Labute approximate surface area is 140 Å². The topological polar surface area (TPSA) is 56.7 Å². The van der Waals surface area contributed by atoms with E-state index >= 15 is 0 Å². The van der Waals surface area contributed by atoms with Crippen LogP contribution in [0, 0.1) is 0 Å². The van der Waals surface area contributed by atoms with Crippen molar-refractivity contribution in [3.05, 3.63) is 35.4 Å². The van der Waals surface area contributed by atoms with Crippen LogP contribution >= 0.6 is 0 Å². The Morgan fingerprint density at radius 1 is 1.30 bits per heavy atom. The molecule has 0 aliphatic rings. The quantitative estimate of drug-likeness (QED) is 0.571. The van der Waals surface area contributed by atoms with E-state index in [1.807, 2.05) is 24.3 Å². The van der Waals surface area contributed by atoms with Crippen LogP contribution in [0.25, 0.3) is 0 Å². The number of carbonyl (C=O) groups is 1. The molecule has 0 radical (unpaired) electrons. The second kappa shape index (κ2) is 10.6. The number of hydrogen-bond donors (Lipinski definition) is 2. The molecular weight excluding hydrogens is 288 g/mol. The molecule has 0 aliphatic carbocycles. The highest BCUT2D eigenvalue weighted by Gasteiger charge is 2.06. The Hall–Kier alpha value is -2.04. The standard InChI is InChI=1S/C18H30N4O/c1-5-7-13-22(4)18(20-6-2)21-12-11-15-9-8-10-16(14-15)17(23)19-3/h8-10,14H,5-7,11-13H2,1-4H3,(H,19,23)(H,20,21). The molecule has 128 valence electrons. The molecular formula is C18H30N4O. The Balaban J connectivity index is 2.65. The lowest BCUT2D eigenvalue weighted by Crippen LogP contribution is -2.39. The fourth-order valence-corrected chi connectivity index (χ4v) is 2.27. The molecule has 23 heavy (non-hydrogen) atoms. The zero-order valence-corrected chi connectivity index (χ0v) is 14.9. The van der Waals surface area contributed by atoms with E-state index in [0.717, 1.165) is 37.5 Å². The highest BCUT2D eigenvalue weighted by Crippen LogP contribution is 2.06. The number of rotatable bonds is 8. The average molecular weight is 318 g/mol. The first-order chi connectivity index (χ1) is 11.1. The van der Waals surface area contributed by atoms with Gasteiger partial charge in [0, 0.05) is 39.3 Å². The minimum atomic E-state index is -0.0528. The van der Waals surface area contributed by atoms with E-state index in [-0.39, 0.29) is 5.91 Å². The summed E-state index contributed by atoms with van der Waals surface area (Å²) in [6.07, 6.45) is 3.16. The van der Waals surface area contributed by atoms with Crippen LogP contribution in [0.3, 0.4) is 0 Å². The first kappa shape index (κ1) is 19.0. The van der Waals surface area contributed by atoms with Gasteiger partial charge < -0.3 is 15.5 Å². The Kier molecular flexibility index (Phi) is 8.80. The second-order valence-electron chi connectivity index (χ2n) is 5.54. The summed E-state index contributed by atoms with van der Waals surface area (Å²) < 4.78 is 0. The van der Waals surface area contributed by atoms with Crippen LogP contribution in [0.4, 0.5) is 0 Å². The van der Waals surface area contributed by atoms with Gasteiger partial charge in [0.25, 0.3) is 5.91 Å². The average Bonchev–Trinajstić information content (AvgIpc) is 2.58. The number of benzene rings is 1. The van der Waals surface area contributed by atoms with Gasteiger partial charge in [0.2, 0.25) is 0 Å². The molecule has 1 rings (SSSR count). The van der Waals surface area contributed by atoms with E-state index in [9.17, 15) is 4.79 Å². The van der Waals surface area contributed by atoms with Crippen molar-refractivity contribution in [1.82, 2.24) is 15.5 Å². The van der Waals surface area contributed by atoms with Gasteiger partial charge in [-0.25, -0.2) is 0 Å². The third kappa shape index (κ3) is 6.72. The van der Waals surface area contributed by atoms with E-state index in [0.29, 0.717) is 12.1 Å². The van der Waals surface area contributed by atoms with Crippen molar-refractivity contribution < 1.29 is 4.79 Å². The summed E-state index contributed by atoms with van der Waals surface area (Å²) in [6.45, 7) is 6.85. The summed E-state index contributed by atoms with van der Waals surface area (Å²) in [6, 6.07) is 7.72. The van der Waals surface area contributed by atoms with E-state index < -0.39 is 0 Å². The van der Waals surface area contributed by atoms with Crippen molar-refractivity contribution in [2.75, 3.05) is 33.7 Å². The number of nitrogens with zero attached hydrogens (tertiary/aromatic N) is 2. The molecule has 1 aromatic carbocycles. The summed E-state index contributed by atoms with van der Waals surface area (Å²) in [5.74, 6) is 0.895. The molecule has 0 aliphatic heterocycles. The van der Waals surface area contributed by atoms with E-state index in [4.69, 9.17) is 0 Å². The van der Waals surface area contributed by atoms with Crippen molar-refractivity contribution in [3.8, 4) is 0 Å². The number of carbonyl (C=O) groups excluding carboxylic acids is 1. The van der Waals surface area contributed by atoms with Crippen molar-refractivity contribution >= 4 is 11.9 Å². The van der Waals surface area contributed by atoms with Gasteiger partial charge in [0.1, 0.15) is 0 Å². The van der Waals surface area contributed by atoms with Crippen LogP contribution in [-0.2, 0) is 6.42 Å². The fourth-order valence-electron chi connectivity index (χ4n) is 2.27. The maximum Gasteiger partial charge on any atom is 0.251 e. The normalized spacial score (nSPS) is 11.2. The van der Waals surface area contributed by atoms with Crippen LogP contribution in [0.2, 0.25) is 0 Å². The van der Waals surface area contributed by atoms with Gasteiger partial charge in [0.15, 0.2) is 5.96 Å². The number of guanidine groups is 1. The van der Waals surface area contributed by atoms with Gasteiger partial charge in [-0.1, -0.05) is 25.5 Å². The first-order valence-electron chi connectivity index (χ1n) is 8.42. The molecule has 0 aromatic heterocycles. The smallest absolute Gasteiger partial charge is 0.251 e. The highest BCUT2D eigenvalue weighted by atomic mass is 16.1. The zero-order chi connectivity index (χ0) is 17.1. The molecule has 1 amide bonds. The van der Waals surface area contributed by atoms with Crippen LogP contribution in [0.5, 0.6) is 0 Å². The highest BCUT2D eigenvalue weighted by molar-refractivity contribution is 5.94. The molecule has 0 saturated heterocycles. The molecule has 5 nitrogen and oxygen atoms in total. The first-order valence-corrected chi connectivity index (χ1v) is 8.42. The summed E-state index contributed by atoms with van der Waals surface area (Å²) in [5, 5.41) is 5.98. The molecule has 0 heterocycles. The molecule has 0 bridgehead atoms. The van der Waals surface area contributed by atoms with Crippen LogP contribution < -0.4 is 10.6 Å². The lowest BCUT2D eigenvalue weighted by atomic mass is 10.1. The van der Waals surface area contributed by atoms with Gasteiger partial charge in [-0.2, -0.15) is 0 Å². The van der Waals surface area contributed by atoms with Gasteiger partial charge in [-0.05, 0) is 37.5 Å². The molecule has 1 aromatic rings. The van der Waals surface area contributed by atoms with Crippen molar-refractivity contribution in [2.45, 2.75) is 33.1 Å². The van der Waals surface area contributed by atoms with Crippen molar-refractivity contribution in [1.29, 1.82) is 0 Å². The number of nitrogens with one attached hydrogen (secondary N) is 2. The zero-order valence-electron chi connectivity index (χ0n) is 14.9. The largest absolute Gasteiger partial charge is 0.357 e. The molecule has 2 N–H and O–H groups in total. The monoisotopic (exact) mass is 318 g/mol. The summed E-state index contributed by atoms with van der Waals surface area (Å²) in [4.78, 5) is 18.5. The number of unbranched alkanes of at least 4 members (excludes halogenated alkanes) is 1. The van der Waals surface area contributed by atoms with Gasteiger partial charge in [-0.15, -0.1) is 0 Å². The van der Waals surface area contributed by atoms with E-state index in [1.165, 1.54) is 6.42 Å². The molecule has 0 fully saturated rings. The number of aliphatic imine (C=N–C) groups is 1. The molecule has 0 unspecified atom stereocenters. The summed E-state index contributed by atoms with van der Waals surface area (Å²) in [7, 11) is 3.72. The molecule has 0 atom stereocenters. The number of amides is 1. The minimum absolute atomic E-state index is 0.0528. The minimum Gasteiger partial charge on any atom is -0.357 e. The third-order valence-electron chi connectivity index (χ3n) is 3.62. The van der Waals surface area contributed by atoms with Gasteiger partial charge in [0.05, 0.1) is 0 Å². The Morgan fingerprint density at radius 3 is 2.74 bits per heavy atom. The number of hydrogen-bond acceptors (Lipinski definition) is 2. The summed E-state index contributed by atoms with van der Waals surface area (Å²) >= 11 is 0. The van der Waals surface area contributed by atoms with Crippen LogP contribution in [-0.4, -0.2) is 50.5 Å². The maximum atomic E-state index is 11.7. The lowest BCUT2D eigenvalue weighted by Gasteiger charge is -2.21. The van der Waals surface area contributed by atoms with Gasteiger partial charge >= 0.3 is 0 Å². The predicted molar refractivity (Wildman–Crippen MR) is 97.1 cm³/mol. The van der Waals surface area contributed by atoms with Crippen molar-refractivity contribution in [2.24, 2.45) is 4.99 Å². The third-order valence-corrected chi connectivity index (χ3v) is 3.62. The van der Waals surface area contributed by atoms with Crippen LogP contribution in [0.1, 0.15) is 42.6 Å². The van der Waals surface area contributed by atoms with Crippen LogP contribution in [0.15, 0.2) is 29.3 Å². The molecule has 0 saturated carbocycles. The molecule has 5 heteroatoms. The van der Waals surface area contributed by atoms with E-state index in [1.54, 1.807) is 7.05 Å². The fraction of sp³-hybridized carbons (Fsp3) is 0.556.